The molecule has 0 radical (unpaired) electrons. The molecule has 2 heterocycles. The summed E-state index contributed by atoms with van der Waals surface area (Å²) < 4.78 is 5.26. The van der Waals surface area contributed by atoms with Gasteiger partial charge in [-0.05, 0) is 18.7 Å². The molecule has 0 aliphatic carbocycles. The Balaban J connectivity index is 2.17. The molecule has 1 fully saturated rings. The quantitative estimate of drug-likeness (QED) is 0.686. The molecule has 0 aromatic carbocycles. The van der Waals surface area contributed by atoms with E-state index >= 15 is 0 Å². The second-order valence-electron chi connectivity index (χ2n) is 3.40. The van der Waals surface area contributed by atoms with Crippen LogP contribution < -0.4 is 5.32 Å². The summed E-state index contributed by atoms with van der Waals surface area (Å²) in [5.41, 5.74) is 1.58. The van der Waals surface area contributed by atoms with Crippen LogP contribution in [0, 0.1) is 0 Å². The maximum absolute atomic E-state index is 5.26. The van der Waals surface area contributed by atoms with Gasteiger partial charge in [0.1, 0.15) is 0 Å². The average Bonchev–Trinajstić information content (AvgIpc) is 2.48. The first-order chi connectivity index (χ1) is 5.87. The fourth-order valence-corrected chi connectivity index (χ4v) is 1.71. The molecule has 0 spiro atoms. The van der Waals surface area contributed by atoms with E-state index in [0.29, 0.717) is 0 Å². The van der Waals surface area contributed by atoms with Crippen LogP contribution in [0.15, 0.2) is 18.5 Å². The van der Waals surface area contributed by atoms with Crippen LogP contribution in [0.25, 0.3) is 0 Å². The Bertz CT molecular complexity index is 239. The SMILES string of the molecule is CNCC1(c2cc[nH]c2)COC1. The van der Waals surface area contributed by atoms with Gasteiger partial charge in [-0.25, -0.2) is 0 Å². The topological polar surface area (TPSA) is 37.0 Å². The highest BCUT2D eigenvalue weighted by Crippen LogP contribution is 2.31. The van der Waals surface area contributed by atoms with Gasteiger partial charge in [-0.3, -0.25) is 0 Å². The van der Waals surface area contributed by atoms with Crippen LogP contribution in [0.5, 0.6) is 0 Å². The summed E-state index contributed by atoms with van der Waals surface area (Å²) in [5, 5.41) is 3.20. The highest BCUT2D eigenvalue weighted by atomic mass is 16.5. The van der Waals surface area contributed by atoms with Gasteiger partial charge in [0.25, 0.3) is 0 Å². The van der Waals surface area contributed by atoms with Crippen molar-refractivity contribution in [1.82, 2.24) is 10.3 Å². The van der Waals surface area contributed by atoms with Gasteiger partial charge in [-0.1, -0.05) is 0 Å². The lowest BCUT2D eigenvalue weighted by atomic mass is 9.80. The van der Waals surface area contributed by atoms with Crippen LogP contribution in [-0.2, 0) is 10.2 Å². The number of aromatic nitrogens is 1. The summed E-state index contributed by atoms with van der Waals surface area (Å²) in [7, 11) is 1.98. The Morgan fingerprint density at radius 1 is 1.67 bits per heavy atom. The predicted octanol–water partition coefficient (Wildman–Crippen LogP) is 0.502. The maximum Gasteiger partial charge on any atom is 0.0598 e. The molecule has 2 rings (SSSR count). The maximum atomic E-state index is 5.26. The molecule has 1 saturated heterocycles. The summed E-state index contributed by atoms with van der Waals surface area (Å²) in [6, 6.07) is 2.12. The number of H-pyrrole nitrogens is 1. The summed E-state index contributed by atoms with van der Waals surface area (Å²) in [5.74, 6) is 0. The van der Waals surface area contributed by atoms with E-state index in [1.165, 1.54) is 5.56 Å². The number of hydrogen-bond acceptors (Lipinski definition) is 2. The molecule has 1 aliphatic heterocycles. The zero-order valence-corrected chi connectivity index (χ0v) is 7.26. The monoisotopic (exact) mass is 166 g/mol. The Hall–Kier alpha value is -0.800. The smallest absolute Gasteiger partial charge is 0.0598 e. The lowest BCUT2D eigenvalue weighted by Crippen LogP contribution is -2.52. The van der Waals surface area contributed by atoms with Gasteiger partial charge in [0.15, 0.2) is 0 Å². The van der Waals surface area contributed by atoms with E-state index < -0.39 is 0 Å². The predicted molar refractivity (Wildman–Crippen MR) is 47.2 cm³/mol. The second kappa shape index (κ2) is 2.92. The van der Waals surface area contributed by atoms with Crippen molar-refractivity contribution in [2.75, 3.05) is 26.8 Å². The normalized spacial score (nSPS) is 20.4. The lowest BCUT2D eigenvalue weighted by molar-refractivity contribution is -0.0581. The van der Waals surface area contributed by atoms with Crippen LogP contribution in [-0.4, -0.2) is 31.8 Å². The zero-order chi connectivity index (χ0) is 8.44. The standard InChI is InChI=1S/C9H14N2O/c1-10-5-9(6-12-7-9)8-2-3-11-4-8/h2-4,10-11H,5-7H2,1H3. The fourth-order valence-electron chi connectivity index (χ4n) is 1.71. The minimum absolute atomic E-state index is 0.231. The van der Waals surface area contributed by atoms with E-state index in [9.17, 15) is 0 Å². The third-order valence-electron chi connectivity index (χ3n) is 2.48. The molecule has 2 N–H and O–H groups in total. The van der Waals surface area contributed by atoms with Crippen LogP contribution in [0.2, 0.25) is 0 Å². The first-order valence-corrected chi connectivity index (χ1v) is 4.23. The third-order valence-corrected chi connectivity index (χ3v) is 2.48. The van der Waals surface area contributed by atoms with Gasteiger partial charge < -0.3 is 15.0 Å². The van der Waals surface area contributed by atoms with Crippen LogP contribution in [0.4, 0.5) is 0 Å². The molecular formula is C9H14N2O. The summed E-state index contributed by atoms with van der Waals surface area (Å²) >= 11 is 0. The highest BCUT2D eigenvalue weighted by molar-refractivity contribution is 5.25. The van der Waals surface area contributed by atoms with Gasteiger partial charge in [-0.15, -0.1) is 0 Å². The van der Waals surface area contributed by atoms with Gasteiger partial charge in [0, 0.05) is 18.9 Å². The molecule has 1 aliphatic rings. The first-order valence-electron chi connectivity index (χ1n) is 4.23. The zero-order valence-electron chi connectivity index (χ0n) is 7.26. The number of aromatic amines is 1. The fraction of sp³-hybridized carbons (Fsp3) is 0.556. The van der Waals surface area contributed by atoms with Crippen molar-refractivity contribution in [2.45, 2.75) is 5.41 Å². The van der Waals surface area contributed by atoms with E-state index in [0.717, 1.165) is 19.8 Å². The van der Waals surface area contributed by atoms with Crippen molar-refractivity contribution in [2.24, 2.45) is 0 Å². The van der Waals surface area contributed by atoms with Crippen molar-refractivity contribution in [3.63, 3.8) is 0 Å². The van der Waals surface area contributed by atoms with Crippen LogP contribution in [0.3, 0.4) is 0 Å². The van der Waals surface area contributed by atoms with Gasteiger partial charge in [0.2, 0.25) is 0 Å². The number of nitrogens with one attached hydrogen (secondary N) is 2. The summed E-state index contributed by atoms with van der Waals surface area (Å²) in [4.78, 5) is 3.08. The van der Waals surface area contributed by atoms with Crippen molar-refractivity contribution in [1.29, 1.82) is 0 Å². The summed E-state index contributed by atoms with van der Waals surface area (Å²) in [6.07, 6.45) is 4.02. The van der Waals surface area contributed by atoms with E-state index in [4.69, 9.17) is 4.74 Å². The Labute approximate surface area is 72.1 Å². The van der Waals surface area contributed by atoms with Crippen molar-refractivity contribution in [3.8, 4) is 0 Å². The molecule has 3 heteroatoms. The largest absolute Gasteiger partial charge is 0.379 e. The van der Waals surface area contributed by atoms with Crippen LogP contribution in [0.1, 0.15) is 5.56 Å². The van der Waals surface area contributed by atoms with Gasteiger partial charge in [0.05, 0.1) is 18.6 Å². The van der Waals surface area contributed by atoms with Gasteiger partial charge in [-0.2, -0.15) is 0 Å². The molecule has 0 bridgehead atoms. The molecule has 1 aromatic heterocycles. The Kier molecular flexibility index (Phi) is 1.90. The third kappa shape index (κ3) is 1.06. The minimum atomic E-state index is 0.231. The van der Waals surface area contributed by atoms with E-state index in [1.807, 2.05) is 13.2 Å². The van der Waals surface area contributed by atoms with Crippen molar-refractivity contribution in [3.05, 3.63) is 24.0 Å². The molecule has 0 saturated carbocycles. The van der Waals surface area contributed by atoms with Gasteiger partial charge >= 0.3 is 0 Å². The molecule has 0 atom stereocenters. The Morgan fingerprint density at radius 2 is 2.50 bits per heavy atom. The first kappa shape index (κ1) is 7.83. The molecule has 0 unspecified atom stereocenters. The molecule has 0 amide bonds. The Morgan fingerprint density at radius 3 is 2.92 bits per heavy atom. The molecule has 3 nitrogen and oxygen atoms in total. The van der Waals surface area contributed by atoms with E-state index in [2.05, 4.69) is 22.6 Å². The van der Waals surface area contributed by atoms with Crippen LogP contribution >= 0.6 is 0 Å². The molecule has 66 valence electrons. The van der Waals surface area contributed by atoms with Crippen molar-refractivity contribution < 1.29 is 4.74 Å². The number of rotatable bonds is 3. The second-order valence-corrected chi connectivity index (χ2v) is 3.40. The molecular weight excluding hydrogens is 152 g/mol. The highest BCUT2D eigenvalue weighted by Gasteiger charge is 2.39. The van der Waals surface area contributed by atoms with Crippen molar-refractivity contribution >= 4 is 0 Å². The lowest BCUT2D eigenvalue weighted by Gasteiger charge is -2.41. The van der Waals surface area contributed by atoms with E-state index in [1.54, 1.807) is 0 Å². The summed E-state index contributed by atoms with van der Waals surface area (Å²) in [6.45, 7) is 2.67. The number of likely N-dealkylation sites (N-methyl/N-ethyl adjacent to an activating group) is 1. The molecule has 12 heavy (non-hydrogen) atoms. The van der Waals surface area contributed by atoms with E-state index in [-0.39, 0.29) is 5.41 Å². The number of ether oxygens (including phenoxy) is 1. The number of hydrogen-bond donors (Lipinski definition) is 2. The minimum Gasteiger partial charge on any atom is -0.379 e. The molecule has 1 aromatic rings. The average molecular weight is 166 g/mol.